The maximum atomic E-state index is 12.7. The monoisotopic (exact) mass is 391 g/mol. The molecule has 3 rings (SSSR count). The van der Waals surface area contributed by atoms with Crippen LogP contribution in [0.2, 0.25) is 0 Å². The molecule has 1 atom stereocenters. The first-order chi connectivity index (χ1) is 13.8. The third-order valence-corrected chi connectivity index (χ3v) is 5.41. The Balaban J connectivity index is 1.55. The molecule has 28 heavy (non-hydrogen) atoms. The number of esters is 1. The van der Waals surface area contributed by atoms with E-state index >= 15 is 0 Å². The van der Waals surface area contributed by atoms with Gasteiger partial charge in [0, 0.05) is 18.1 Å². The zero-order chi connectivity index (χ0) is 19.4. The normalized spacial score (nSPS) is 11.7. The van der Waals surface area contributed by atoms with Crippen molar-refractivity contribution in [2.45, 2.75) is 24.9 Å². The van der Waals surface area contributed by atoms with Crippen LogP contribution in [-0.4, -0.2) is 17.8 Å². The largest absolute Gasteiger partial charge is 0.460 e. The molecule has 0 heterocycles. The molecule has 0 unspecified atom stereocenters. The second-order valence-corrected chi connectivity index (χ2v) is 7.54. The van der Waals surface area contributed by atoms with Crippen LogP contribution in [0.5, 0.6) is 0 Å². The predicted octanol–water partition coefficient (Wildman–Crippen LogP) is 4.82. The molecule has 0 saturated carbocycles. The summed E-state index contributed by atoms with van der Waals surface area (Å²) in [7, 11) is 0. The lowest BCUT2D eigenvalue weighted by atomic mass is 10.2. The Morgan fingerprint density at radius 3 is 1.93 bits per heavy atom. The Labute approximate surface area is 171 Å². The molecule has 0 spiro atoms. The maximum absolute atomic E-state index is 12.7. The van der Waals surface area contributed by atoms with Gasteiger partial charge in [0.25, 0.3) is 0 Å². The molecule has 144 valence electrons. The van der Waals surface area contributed by atoms with Crippen molar-refractivity contribution in [3.63, 3.8) is 0 Å². The van der Waals surface area contributed by atoms with E-state index in [2.05, 4.69) is 29.6 Å². The van der Waals surface area contributed by atoms with E-state index in [9.17, 15) is 4.79 Å². The topological polar surface area (TPSA) is 38.3 Å². The van der Waals surface area contributed by atoms with Gasteiger partial charge >= 0.3 is 5.97 Å². The minimum atomic E-state index is -0.349. The van der Waals surface area contributed by atoms with Gasteiger partial charge in [0.1, 0.15) is 12.6 Å². The standard InChI is InChI=1S/C24H25NO2S/c26-24(27-17-21-12-6-2-7-13-21)23(25-16-20-10-4-1-5-11-20)19-28-18-22-14-8-3-9-15-22/h1-15,23,25H,16-19H2/t23-/m0/s1. The molecule has 4 heteroatoms. The molecule has 0 aliphatic heterocycles. The van der Waals surface area contributed by atoms with Gasteiger partial charge in [-0.2, -0.15) is 11.8 Å². The highest BCUT2D eigenvalue weighted by atomic mass is 32.2. The third kappa shape index (κ3) is 6.87. The smallest absolute Gasteiger partial charge is 0.324 e. The average molecular weight is 392 g/mol. The summed E-state index contributed by atoms with van der Waals surface area (Å²) in [5, 5.41) is 3.36. The molecule has 0 saturated heterocycles. The molecule has 3 nitrogen and oxygen atoms in total. The predicted molar refractivity (Wildman–Crippen MR) is 116 cm³/mol. The van der Waals surface area contributed by atoms with Gasteiger partial charge in [-0.3, -0.25) is 10.1 Å². The van der Waals surface area contributed by atoms with Crippen molar-refractivity contribution >= 4 is 17.7 Å². The molecule has 3 aromatic carbocycles. The highest BCUT2D eigenvalue weighted by molar-refractivity contribution is 7.98. The number of hydrogen-bond donors (Lipinski definition) is 1. The summed E-state index contributed by atoms with van der Waals surface area (Å²) >= 11 is 1.74. The number of carbonyl (C=O) groups is 1. The van der Waals surface area contributed by atoms with E-state index in [-0.39, 0.29) is 12.0 Å². The number of nitrogens with one attached hydrogen (secondary N) is 1. The van der Waals surface area contributed by atoms with Crippen LogP contribution < -0.4 is 5.32 Å². The van der Waals surface area contributed by atoms with Gasteiger partial charge < -0.3 is 4.74 Å². The molecule has 0 amide bonds. The number of rotatable bonds is 10. The SMILES string of the molecule is O=C(OCc1ccccc1)[C@H](CSCc1ccccc1)NCc1ccccc1. The van der Waals surface area contributed by atoms with Crippen LogP contribution in [0.1, 0.15) is 16.7 Å². The fraction of sp³-hybridized carbons (Fsp3) is 0.208. The Kier molecular flexibility index (Phi) is 8.16. The second kappa shape index (κ2) is 11.3. The number of carbonyl (C=O) groups excluding carboxylic acids is 1. The molecule has 1 N–H and O–H groups in total. The van der Waals surface area contributed by atoms with Gasteiger partial charge in [0.2, 0.25) is 0 Å². The molecule has 0 aromatic heterocycles. The first kappa shape index (κ1) is 20.2. The van der Waals surface area contributed by atoms with E-state index in [4.69, 9.17) is 4.74 Å². The quantitative estimate of drug-likeness (QED) is 0.503. The van der Waals surface area contributed by atoms with Crippen LogP contribution in [0.25, 0.3) is 0 Å². The van der Waals surface area contributed by atoms with Gasteiger partial charge in [-0.05, 0) is 16.7 Å². The van der Waals surface area contributed by atoms with Crippen molar-refractivity contribution in [3.8, 4) is 0 Å². The average Bonchev–Trinajstić information content (AvgIpc) is 2.76. The maximum Gasteiger partial charge on any atom is 0.324 e. The van der Waals surface area contributed by atoms with E-state index in [1.165, 1.54) is 5.56 Å². The lowest BCUT2D eigenvalue weighted by molar-refractivity contribution is -0.146. The van der Waals surface area contributed by atoms with Crippen LogP contribution in [0.15, 0.2) is 91.0 Å². The molecule has 0 aliphatic carbocycles. The molecule has 3 aromatic rings. The lowest BCUT2D eigenvalue weighted by Crippen LogP contribution is -2.39. The van der Waals surface area contributed by atoms with Crippen LogP contribution in [0.3, 0.4) is 0 Å². The molecule has 0 bridgehead atoms. The van der Waals surface area contributed by atoms with Crippen molar-refractivity contribution in [2.24, 2.45) is 0 Å². The minimum absolute atomic E-state index is 0.208. The first-order valence-electron chi connectivity index (χ1n) is 9.41. The number of ether oxygens (including phenoxy) is 1. The highest BCUT2D eigenvalue weighted by Gasteiger charge is 2.20. The van der Waals surface area contributed by atoms with Crippen LogP contribution in [-0.2, 0) is 28.4 Å². The molecule has 0 aliphatic rings. The summed E-state index contributed by atoms with van der Waals surface area (Å²) in [6.45, 7) is 0.935. The Morgan fingerprint density at radius 2 is 1.32 bits per heavy atom. The van der Waals surface area contributed by atoms with Crippen molar-refractivity contribution in [3.05, 3.63) is 108 Å². The zero-order valence-corrected chi connectivity index (χ0v) is 16.6. The fourth-order valence-electron chi connectivity index (χ4n) is 2.75. The van der Waals surface area contributed by atoms with E-state index in [1.54, 1.807) is 11.8 Å². The van der Waals surface area contributed by atoms with E-state index < -0.39 is 0 Å². The van der Waals surface area contributed by atoms with E-state index in [1.807, 2.05) is 66.7 Å². The lowest BCUT2D eigenvalue weighted by Gasteiger charge is -2.18. The van der Waals surface area contributed by atoms with E-state index in [0.717, 1.165) is 16.9 Å². The molecular formula is C24H25NO2S. The van der Waals surface area contributed by atoms with Gasteiger partial charge in [-0.25, -0.2) is 0 Å². The number of thioether (sulfide) groups is 1. The van der Waals surface area contributed by atoms with Crippen molar-refractivity contribution in [2.75, 3.05) is 5.75 Å². The Morgan fingerprint density at radius 1 is 0.786 bits per heavy atom. The van der Waals surface area contributed by atoms with Crippen molar-refractivity contribution in [1.82, 2.24) is 5.32 Å². The third-order valence-electron chi connectivity index (χ3n) is 4.30. The van der Waals surface area contributed by atoms with Crippen LogP contribution in [0.4, 0.5) is 0 Å². The summed E-state index contributed by atoms with van der Waals surface area (Å²) in [6, 6.07) is 29.8. The van der Waals surface area contributed by atoms with Gasteiger partial charge in [-0.15, -0.1) is 0 Å². The van der Waals surface area contributed by atoms with Crippen LogP contribution >= 0.6 is 11.8 Å². The summed E-state index contributed by atoms with van der Waals surface area (Å²) in [5.41, 5.74) is 3.40. The molecular weight excluding hydrogens is 366 g/mol. The van der Waals surface area contributed by atoms with Crippen molar-refractivity contribution in [1.29, 1.82) is 0 Å². The minimum Gasteiger partial charge on any atom is -0.460 e. The second-order valence-electron chi connectivity index (χ2n) is 6.51. The van der Waals surface area contributed by atoms with E-state index in [0.29, 0.717) is 18.9 Å². The summed E-state index contributed by atoms with van der Waals surface area (Å²) in [5.74, 6) is 1.33. The zero-order valence-electron chi connectivity index (χ0n) is 15.8. The van der Waals surface area contributed by atoms with Gasteiger partial charge in [0.05, 0.1) is 0 Å². The molecule has 0 fully saturated rings. The van der Waals surface area contributed by atoms with Gasteiger partial charge in [-0.1, -0.05) is 91.0 Å². The fourth-order valence-corrected chi connectivity index (χ4v) is 3.78. The van der Waals surface area contributed by atoms with Gasteiger partial charge in [0.15, 0.2) is 0 Å². The Bertz CT molecular complexity index is 825. The van der Waals surface area contributed by atoms with Crippen LogP contribution in [0, 0.1) is 0 Å². The molecule has 0 radical (unpaired) electrons. The van der Waals surface area contributed by atoms with Crippen molar-refractivity contribution < 1.29 is 9.53 Å². The number of hydrogen-bond acceptors (Lipinski definition) is 4. The number of benzene rings is 3. The summed E-state index contributed by atoms with van der Waals surface area (Å²) in [6.07, 6.45) is 0. The highest BCUT2D eigenvalue weighted by Crippen LogP contribution is 2.14. The first-order valence-corrected chi connectivity index (χ1v) is 10.6. The summed E-state index contributed by atoms with van der Waals surface area (Å²) < 4.78 is 5.57. The Hall–Kier alpha value is -2.56. The summed E-state index contributed by atoms with van der Waals surface area (Å²) in [4.78, 5) is 12.7.